The predicted molar refractivity (Wildman–Crippen MR) is 117 cm³/mol. The van der Waals surface area contributed by atoms with Gasteiger partial charge in [0.2, 0.25) is 15.9 Å². The second kappa shape index (κ2) is 9.53. The molecule has 1 aromatic heterocycles. The zero-order chi connectivity index (χ0) is 23.5. The lowest BCUT2D eigenvalue weighted by Crippen LogP contribution is -2.38. The van der Waals surface area contributed by atoms with E-state index < -0.39 is 21.8 Å². The second-order valence-electron chi connectivity index (χ2n) is 7.36. The van der Waals surface area contributed by atoms with Crippen molar-refractivity contribution < 1.29 is 26.4 Å². The Morgan fingerprint density at radius 3 is 2.31 bits per heavy atom. The van der Waals surface area contributed by atoms with Gasteiger partial charge in [-0.25, -0.2) is 13.4 Å². The van der Waals surface area contributed by atoms with E-state index in [-0.39, 0.29) is 28.4 Å². The number of halogens is 4. The summed E-state index contributed by atoms with van der Waals surface area (Å²) in [6.45, 7) is 2.38. The minimum atomic E-state index is -4.52. The molecule has 0 spiro atoms. The van der Waals surface area contributed by atoms with Gasteiger partial charge in [-0.05, 0) is 50.1 Å². The number of anilines is 3. The van der Waals surface area contributed by atoms with Gasteiger partial charge in [0, 0.05) is 36.6 Å². The van der Waals surface area contributed by atoms with Crippen molar-refractivity contribution in [3.8, 4) is 0 Å². The van der Waals surface area contributed by atoms with E-state index in [1.165, 1.54) is 6.92 Å². The number of aromatic nitrogens is 1. The highest BCUT2D eigenvalue weighted by molar-refractivity contribution is 7.92. The first kappa shape index (κ1) is 24.1. The molecule has 32 heavy (non-hydrogen) atoms. The molecule has 0 unspecified atom stereocenters. The fraction of sp³-hybridized carbons (Fsp3) is 0.400. The maximum Gasteiger partial charge on any atom is 0.417 e. The lowest BCUT2D eigenvalue weighted by molar-refractivity contribution is -0.137. The molecule has 2 N–H and O–H groups in total. The molecule has 0 saturated carbocycles. The van der Waals surface area contributed by atoms with E-state index in [0.717, 1.165) is 12.3 Å². The topological polar surface area (TPSA) is 91.4 Å². The molecular weight excluding hydrogens is 469 g/mol. The number of carbonyl (C=O) groups excluding carboxylic acids is 1. The van der Waals surface area contributed by atoms with Crippen LogP contribution in [0.15, 0.2) is 36.5 Å². The highest BCUT2D eigenvalue weighted by Gasteiger charge is 2.33. The van der Waals surface area contributed by atoms with Gasteiger partial charge in [0.05, 0.1) is 16.3 Å². The number of benzene rings is 1. The summed E-state index contributed by atoms with van der Waals surface area (Å²) in [6, 6.07) is 7.18. The SMILES string of the molecule is CCS(=O)(=O)Nc1ccc(NC(=O)C2CCN(c3ncc(C(F)(F)F)cc3Cl)CC2)cc1. The smallest absolute Gasteiger partial charge is 0.355 e. The number of nitrogens with one attached hydrogen (secondary N) is 2. The molecule has 3 rings (SSSR count). The van der Waals surface area contributed by atoms with E-state index in [2.05, 4.69) is 15.0 Å². The van der Waals surface area contributed by atoms with Crippen LogP contribution < -0.4 is 14.9 Å². The summed E-state index contributed by atoms with van der Waals surface area (Å²) >= 11 is 6.01. The van der Waals surface area contributed by atoms with Crippen LogP contribution in [0.4, 0.5) is 30.4 Å². The molecule has 1 fully saturated rings. The summed E-state index contributed by atoms with van der Waals surface area (Å²) < 4.78 is 64.0. The minimum Gasteiger partial charge on any atom is -0.355 e. The maximum atomic E-state index is 12.8. The average molecular weight is 491 g/mol. The van der Waals surface area contributed by atoms with Gasteiger partial charge in [-0.2, -0.15) is 13.2 Å². The molecule has 0 bridgehead atoms. The van der Waals surface area contributed by atoms with E-state index in [1.807, 2.05) is 0 Å². The van der Waals surface area contributed by atoms with Gasteiger partial charge in [-0.3, -0.25) is 9.52 Å². The molecule has 1 aromatic carbocycles. The van der Waals surface area contributed by atoms with Gasteiger partial charge in [-0.15, -0.1) is 0 Å². The fourth-order valence-electron chi connectivity index (χ4n) is 3.29. The molecule has 2 aromatic rings. The molecule has 2 heterocycles. The quantitative estimate of drug-likeness (QED) is 0.627. The molecule has 0 radical (unpaired) electrons. The van der Waals surface area contributed by atoms with Gasteiger partial charge in [-0.1, -0.05) is 11.6 Å². The Labute approximate surface area is 189 Å². The minimum absolute atomic E-state index is 0.0443. The van der Waals surface area contributed by atoms with Crippen LogP contribution in [0.3, 0.4) is 0 Å². The Balaban J connectivity index is 1.56. The van der Waals surface area contributed by atoms with Crippen molar-refractivity contribution in [1.82, 2.24) is 4.98 Å². The summed E-state index contributed by atoms with van der Waals surface area (Å²) in [7, 11) is -3.38. The number of hydrogen-bond donors (Lipinski definition) is 2. The Bertz CT molecular complexity index is 1070. The monoisotopic (exact) mass is 490 g/mol. The van der Waals surface area contributed by atoms with Crippen LogP contribution in [0, 0.1) is 5.92 Å². The molecule has 1 aliphatic rings. The number of piperidine rings is 1. The van der Waals surface area contributed by atoms with Crippen molar-refractivity contribution in [1.29, 1.82) is 0 Å². The normalized spacial score (nSPS) is 15.5. The first-order valence-electron chi connectivity index (χ1n) is 9.87. The largest absolute Gasteiger partial charge is 0.417 e. The summed E-state index contributed by atoms with van der Waals surface area (Å²) in [5.41, 5.74) is 0.0254. The Hall–Kier alpha value is -2.53. The van der Waals surface area contributed by atoms with Gasteiger partial charge >= 0.3 is 6.18 Å². The molecular formula is C20H22ClF3N4O3S. The standard InChI is InChI=1S/C20H22ClF3N4O3S/c1-2-32(30,31)27-16-5-3-15(4-6-16)26-19(29)13-7-9-28(10-8-13)18-17(21)11-14(12-25-18)20(22,23)24/h3-6,11-13,27H,2,7-10H2,1H3,(H,26,29). The fourth-order valence-corrected chi connectivity index (χ4v) is 4.21. The highest BCUT2D eigenvalue weighted by atomic mass is 35.5. The predicted octanol–water partition coefficient (Wildman–Crippen LogP) is 4.37. The lowest BCUT2D eigenvalue weighted by Gasteiger charge is -2.32. The number of hydrogen-bond acceptors (Lipinski definition) is 5. The third kappa shape index (κ3) is 6.04. The van der Waals surface area contributed by atoms with Crippen LogP contribution in [0.5, 0.6) is 0 Å². The molecule has 7 nitrogen and oxygen atoms in total. The first-order valence-corrected chi connectivity index (χ1v) is 11.9. The van der Waals surface area contributed by atoms with Crippen molar-refractivity contribution >= 4 is 44.7 Å². The van der Waals surface area contributed by atoms with Crippen LogP contribution in [0.25, 0.3) is 0 Å². The van der Waals surface area contributed by atoms with Crippen molar-refractivity contribution in [2.24, 2.45) is 5.92 Å². The van der Waals surface area contributed by atoms with Crippen LogP contribution in [-0.2, 0) is 21.0 Å². The van der Waals surface area contributed by atoms with Crippen LogP contribution >= 0.6 is 11.6 Å². The highest BCUT2D eigenvalue weighted by Crippen LogP contribution is 2.34. The lowest BCUT2D eigenvalue weighted by atomic mass is 9.95. The average Bonchev–Trinajstić information content (AvgIpc) is 2.74. The summed E-state index contributed by atoms with van der Waals surface area (Å²) in [5, 5.41) is 2.72. The van der Waals surface area contributed by atoms with E-state index in [1.54, 1.807) is 29.2 Å². The third-order valence-electron chi connectivity index (χ3n) is 5.12. The zero-order valence-corrected chi connectivity index (χ0v) is 18.7. The van der Waals surface area contributed by atoms with Gasteiger partial charge < -0.3 is 10.2 Å². The van der Waals surface area contributed by atoms with E-state index in [9.17, 15) is 26.4 Å². The van der Waals surface area contributed by atoms with Gasteiger partial charge in [0.1, 0.15) is 5.82 Å². The summed E-state index contributed by atoms with van der Waals surface area (Å²) in [6.07, 6.45) is -2.79. The van der Waals surface area contributed by atoms with Crippen molar-refractivity contribution in [3.05, 3.63) is 47.1 Å². The van der Waals surface area contributed by atoms with Crippen LogP contribution in [-0.4, -0.2) is 38.2 Å². The number of amides is 1. The summed E-state index contributed by atoms with van der Waals surface area (Å²) in [5.74, 6) is -0.239. The van der Waals surface area contributed by atoms with Crippen molar-refractivity contribution in [3.63, 3.8) is 0 Å². The van der Waals surface area contributed by atoms with Crippen molar-refractivity contribution in [2.45, 2.75) is 25.9 Å². The third-order valence-corrected chi connectivity index (χ3v) is 6.71. The Morgan fingerprint density at radius 1 is 1.19 bits per heavy atom. The molecule has 1 amide bonds. The summed E-state index contributed by atoms with van der Waals surface area (Å²) in [4.78, 5) is 18.2. The second-order valence-corrected chi connectivity index (χ2v) is 9.78. The molecule has 0 aliphatic carbocycles. The van der Waals surface area contributed by atoms with E-state index in [0.29, 0.717) is 37.3 Å². The van der Waals surface area contributed by atoms with Gasteiger partial charge in [0.15, 0.2) is 0 Å². The number of alkyl halides is 3. The molecule has 12 heteroatoms. The first-order chi connectivity index (χ1) is 15.0. The van der Waals surface area contributed by atoms with Crippen LogP contribution in [0.2, 0.25) is 5.02 Å². The number of pyridine rings is 1. The van der Waals surface area contributed by atoms with Crippen molar-refractivity contribution in [2.75, 3.05) is 33.8 Å². The molecule has 1 saturated heterocycles. The zero-order valence-electron chi connectivity index (χ0n) is 17.1. The molecule has 0 atom stereocenters. The number of rotatable bonds is 6. The Kier molecular flexibility index (Phi) is 7.19. The molecule has 174 valence electrons. The van der Waals surface area contributed by atoms with Crippen LogP contribution in [0.1, 0.15) is 25.3 Å². The number of sulfonamides is 1. The maximum absolute atomic E-state index is 12.8. The molecule has 1 aliphatic heterocycles. The van der Waals surface area contributed by atoms with Gasteiger partial charge in [0.25, 0.3) is 0 Å². The van der Waals surface area contributed by atoms with E-state index in [4.69, 9.17) is 11.6 Å². The Morgan fingerprint density at radius 2 is 1.78 bits per heavy atom. The van der Waals surface area contributed by atoms with E-state index >= 15 is 0 Å². The number of nitrogens with zero attached hydrogens (tertiary/aromatic N) is 2. The number of carbonyl (C=O) groups is 1.